The van der Waals surface area contributed by atoms with Gasteiger partial charge in [0.05, 0.1) is 5.83 Å². The molecule has 0 radical (unpaired) electrons. The van der Waals surface area contributed by atoms with E-state index in [-0.39, 0.29) is 22.3 Å². The van der Waals surface area contributed by atoms with E-state index >= 15 is 0 Å². The fraction of sp³-hybridized carbons (Fsp3) is 0.364. The van der Waals surface area contributed by atoms with Gasteiger partial charge in [0, 0.05) is 22.9 Å². The Kier molecular flexibility index (Phi) is 4.13. The number of alkyl halides is 2. The summed E-state index contributed by atoms with van der Waals surface area (Å²) in [6, 6.07) is 0. The lowest BCUT2D eigenvalue weighted by atomic mass is 9.95. The van der Waals surface area contributed by atoms with Crippen molar-refractivity contribution in [3.05, 3.63) is 34.1 Å². The summed E-state index contributed by atoms with van der Waals surface area (Å²) in [7, 11) is 0. The van der Waals surface area contributed by atoms with Crippen LogP contribution in [0.15, 0.2) is 34.1 Å². The number of hydrogen-bond donors (Lipinski definition) is 0. The molecular formula is C11H10BrF3O. The van der Waals surface area contributed by atoms with Crippen molar-refractivity contribution >= 4 is 21.7 Å². The second-order valence-corrected chi connectivity index (χ2v) is 4.46. The third-order valence-electron chi connectivity index (χ3n) is 2.00. The SMILES string of the molecule is C/C(F)=C\C(Br)=C/C1=CC(F)(F)CCC1=O. The molecule has 0 aliphatic heterocycles. The number of allylic oxidation sites excluding steroid dienone is 6. The lowest BCUT2D eigenvalue weighted by molar-refractivity contribution is -0.117. The van der Waals surface area contributed by atoms with E-state index in [1.54, 1.807) is 0 Å². The van der Waals surface area contributed by atoms with Crippen molar-refractivity contribution in [2.45, 2.75) is 25.7 Å². The summed E-state index contributed by atoms with van der Waals surface area (Å²) in [6.45, 7) is 1.22. The lowest BCUT2D eigenvalue weighted by Gasteiger charge is -2.17. The van der Waals surface area contributed by atoms with Gasteiger partial charge in [-0.3, -0.25) is 4.79 Å². The highest BCUT2D eigenvalue weighted by Crippen LogP contribution is 2.30. The molecule has 0 atom stereocenters. The summed E-state index contributed by atoms with van der Waals surface area (Å²) in [5.74, 6) is -3.78. The third-order valence-corrected chi connectivity index (χ3v) is 2.46. The minimum atomic E-state index is -2.96. The van der Waals surface area contributed by atoms with Crippen molar-refractivity contribution in [3.8, 4) is 0 Å². The van der Waals surface area contributed by atoms with Gasteiger partial charge in [0.2, 0.25) is 0 Å². The van der Waals surface area contributed by atoms with Crippen molar-refractivity contribution < 1.29 is 18.0 Å². The van der Waals surface area contributed by atoms with Gasteiger partial charge in [0.1, 0.15) is 0 Å². The predicted molar refractivity (Wildman–Crippen MR) is 59.1 cm³/mol. The first-order valence-corrected chi connectivity index (χ1v) is 5.44. The summed E-state index contributed by atoms with van der Waals surface area (Å²) < 4.78 is 38.7. The lowest BCUT2D eigenvalue weighted by Crippen LogP contribution is -2.22. The maximum Gasteiger partial charge on any atom is 0.267 e. The molecule has 1 aliphatic rings. The van der Waals surface area contributed by atoms with Crippen LogP contribution in [0.5, 0.6) is 0 Å². The van der Waals surface area contributed by atoms with Crippen LogP contribution in [-0.2, 0) is 4.79 Å². The Morgan fingerprint density at radius 3 is 2.75 bits per heavy atom. The molecule has 1 aliphatic carbocycles. The Bertz CT molecular complexity index is 390. The van der Waals surface area contributed by atoms with Crippen molar-refractivity contribution in [1.82, 2.24) is 0 Å². The van der Waals surface area contributed by atoms with E-state index in [9.17, 15) is 18.0 Å². The zero-order chi connectivity index (χ0) is 12.3. The van der Waals surface area contributed by atoms with Gasteiger partial charge in [-0.05, 0) is 25.2 Å². The minimum Gasteiger partial charge on any atom is -0.294 e. The van der Waals surface area contributed by atoms with Crippen LogP contribution < -0.4 is 0 Å². The van der Waals surface area contributed by atoms with Crippen molar-refractivity contribution in [1.29, 1.82) is 0 Å². The van der Waals surface area contributed by atoms with Gasteiger partial charge in [-0.25, -0.2) is 13.2 Å². The van der Waals surface area contributed by atoms with Gasteiger partial charge in [-0.2, -0.15) is 0 Å². The molecule has 0 aromatic heterocycles. The first-order chi connectivity index (χ1) is 7.30. The Balaban J connectivity index is 2.99. The molecule has 0 aromatic rings. The van der Waals surface area contributed by atoms with E-state index < -0.39 is 18.2 Å². The summed E-state index contributed by atoms with van der Waals surface area (Å²) >= 11 is 2.99. The largest absolute Gasteiger partial charge is 0.294 e. The highest BCUT2D eigenvalue weighted by molar-refractivity contribution is 9.11. The van der Waals surface area contributed by atoms with Crippen LogP contribution in [0.1, 0.15) is 19.8 Å². The minimum absolute atomic E-state index is 0.0828. The normalized spacial score (nSPS) is 22.1. The monoisotopic (exact) mass is 294 g/mol. The molecule has 0 fully saturated rings. The first kappa shape index (κ1) is 13.2. The molecule has 0 N–H and O–H groups in total. The first-order valence-electron chi connectivity index (χ1n) is 4.65. The Hall–Kier alpha value is -0.840. The van der Waals surface area contributed by atoms with Crippen molar-refractivity contribution in [2.75, 3.05) is 0 Å². The maximum absolute atomic E-state index is 13.0. The molecule has 1 nitrogen and oxygen atoms in total. The van der Waals surface area contributed by atoms with Gasteiger partial charge in [-0.1, -0.05) is 15.9 Å². The quantitative estimate of drug-likeness (QED) is 0.702. The predicted octanol–water partition coefficient (Wildman–Crippen LogP) is 4.06. The molecule has 1 rings (SSSR count). The molecule has 0 unspecified atom stereocenters. The molecule has 0 aromatic carbocycles. The molecule has 0 saturated carbocycles. The van der Waals surface area contributed by atoms with Crippen LogP contribution >= 0.6 is 15.9 Å². The fourth-order valence-electron chi connectivity index (χ4n) is 1.31. The number of Topliss-reactive ketones (excluding diaryl/α,β-unsaturated/α-hetero) is 1. The number of carbonyl (C=O) groups is 1. The van der Waals surface area contributed by atoms with E-state index in [0.29, 0.717) is 6.08 Å². The maximum atomic E-state index is 13.0. The van der Waals surface area contributed by atoms with Crippen LogP contribution in [0.3, 0.4) is 0 Å². The van der Waals surface area contributed by atoms with E-state index in [0.717, 1.165) is 6.08 Å². The highest BCUT2D eigenvalue weighted by Gasteiger charge is 2.32. The summed E-state index contributed by atoms with van der Waals surface area (Å²) in [4.78, 5) is 11.3. The molecule has 0 heterocycles. The van der Waals surface area contributed by atoms with E-state index in [1.807, 2.05) is 0 Å². The third kappa shape index (κ3) is 3.96. The molecule has 0 amide bonds. The number of hydrogen-bond acceptors (Lipinski definition) is 1. The standard InChI is InChI=1S/C11H10BrF3O/c1-7(13)4-9(12)5-8-6-11(14,15)3-2-10(8)16/h4-6H,2-3H2,1H3/b7-4+,9-5+. The van der Waals surface area contributed by atoms with E-state index in [1.165, 1.54) is 13.0 Å². The Morgan fingerprint density at radius 2 is 2.19 bits per heavy atom. The van der Waals surface area contributed by atoms with Crippen LogP contribution in [-0.4, -0.2) is 11.7 Å². The molecular weight excluding hydrogens is 285 g/mol. The zero-order valence-corrected chi connectivity index (χ0v) is 10.2. The van der Waals surface area contributed by atoms with Crippen molar-refractivity contribution in [3.63, 3.8) is 0 Å². The second kappa shape index (κ2) is 4.99. The smallest absolute Gasteiger partial charge is 0.267 e. The van der Waals surface area contributed by atoms with Gasteiger partial charge in [0.15, 0.2) is 5.78 Å². The summed E-state index contributed by atoms with van der Waals surface area (Å²) in [5.41, 5.74) is -0.0828. The van der Waals surface area contributed by atoms with Gasteiger partial charge in [-0.15, -0.1) is 0 Å². The highest BCUT2D eigenvalue weighted by atomic mass is 79.9. The number of carbonyl (C=O) groups excluding carboxylic acids is 1. The van der Waals surface area contributed by atoms with E-state index in [4.69, 9.17) is 0 Å². The number of halogens is 4. The van der Waals surface area contributed by atoms with E-state index in [2.05, 4.69) is 15.9 Å². The molecule has 0 spiro atoms. The van der Waals surface area contributed by atoms with Crippen LogP contribution in [0.25, 0.3) is 0 Å². The Morgan fingerprint density at radius 1 is 1.56 bits per heavy atom. The summed E-state index contributed by atoms with van der Waals surface area (Å²) in [6.07, 6.45) is 2.30. The van der Waals surface area contributed by atoms with Crippen LogP contribution in [0.4, 0.5) is 13.2 Å². The van der Waals surface area contributed by atoms with Crippen LogP contribution in [0, 0.1) is 0 Å². The van der Waals surface area contributed by atoms with Gasteiger partial charge in [0.25, 0.3) is 5.92 Å². The molecule has 88 valence electrons. The Labute approximate surface area is 99.8 Å². The zero-order valence-electron chi connectivity index (χ0n) is 8.57. The number of ketones is 1. The van der Waals surface area contributed by atoms with Gasteiger partial charge >= 0.3 is 0 Å². The second-order valence-electron chi connectivity index (χ2n) is 3.54. The topological polar surface area (TPSA) is 17.1 Å². The van der Waals surface area contributed by atoms with Crippen molar-refractivity contribution in [2.24, 2.45) is 0 Å². The summed E-state index contributed by atoms with van der Waals surface area (Å²) in [5, 5.41) is 0. The molecule has 5 heteroatoms. The average Bonchev–Trinajstić information content (AvgIpc) is 2.09. The molecule has 0 saturated heterocycles. The van der Waals surface area contributed by atoms with Gasteiger partial charge < -0.3 is 0 Å². The molecule has 0 bridgehead atoms. The average molecular weight is 295 g/mol. The number of rotatable bonds is 2. The fourth-order valence-corrected chi connectivity index (χ4v) is 1.87. The molecule has 16 heavy (non-hydrogen) atoms. The van der Waals surface area contributed by atoms with Crippen LogP contribution in [0.2, 0.25) is 0 Å².